The maximum Gasteiger partial charge on any atom is 0.414 e. The molecule has 0 saturated carbocycles. The number of nitrogens with zero attached hydrogens (tertiary/aromatic N) is 1. The quantitative estimate of drug-likeness (QED) is 0.534. The number of hydrogen-bond acceptors (Lipinski definition) is 6. The van der Waals surface area contributed by atoms with Gasteiger partial charge in [0.1, 0.15) is 0 Å². The number of carbonyl (C=O) groups is 2. The molecule has 0 bridgehead atoms. The number of nitrogens with two attached hydrogens (primary N) is 1. The van der Waals surface area contributed by atoms with Gasteiger partial charge in [0, 0.05) is 31.1 Å². The summed E-state index contributed by atoms with van der Waals surface area (Å²) in [5.41, 5.74) is 5.21. The zero-order valence-electron chi connectivity index (χ0n) is 9.61. The average molecular weight is 300 g/mol. The molecule has 106 valence electrons. The van der Waals surface area contributed by atoms with Gasteiger partial charge in [-0.1, -0.05) is 0 Å². The monoisotopic (exact) mass is 300 g/mol. The first kappa shape index (κ1) is 17.2. The molecular formula is C8H16N2O6S2. The summed E-state index contributed by atoms with van der Waals surface area (Å²) >= 11 is 1.80. The number of sulfonamides is 1. The van der Waals surface area contributed by atoms with Crippen molar-refractivity contribution in [2.45, 2.75) is 0 Å². The zero-order chi connectivity index (χ0) is 14.2. The second-order valence-electron chi connectivity index (χ2n) is 3.23. The van der Waals surface area contributed by atoms with Crippen LogP contribution in [-0.4, -0.2) is 71.8 Å². The third-order valence-electron chi connectivity index (χ3n) is 1.92. The Morgan fingerprint density at radius 3 is 1.94 bits per heavy atom. The smallest absolute Gasteiger partial charge is 0.414 e. The Kier molecular flexibility index (Phi) is 7.91. The molecular weight excluding hydrogens is 284 g/mol. The molecule has 0 aromatic rings. The lowest BCUT2D eigenvalue weighted by atomic mass is 10.6. The van der Waals surface area contributed by atoms with E-state index >= 15 is 0 Å². The van der Waals surface area contributed by atoms with Crippen LogP contribution in [0.3, 0.4) is 0 Å². The fraction of sp³-hybridized carbons (Fsp3) is 0.750. The van der Waals surface area contributed by atoms with Crippen molar-refractivity contribution in [2.24, 2.45) is 5.73 Å². The summed E-state index contributed by atoms with van der Waals surface area (Å²) in [7, 11) is -3.04. The molecule has 1 aliphatic rings. The largest absolute Gasteiger partial charge is 0.473 e. The maximum atomic E-state index is 11.4. The first-order valence-electron chi connectivity index (χ1n) is 5.03. The fourth-order valence-corrected chi connectivity index (χ4v) is 3.53. The van der Waals surface area contributed by atoms with Crippen LogP contribution in [0.15, 0.2) is 0 Å². The second kappa shape index (κ2) is 8.29. The van der Waals surface area contributed by atoms with Crippen molar-refractivity contribution in [1.82, 2.24) is 4.31 Å². The number of aliphatic carboxylic acids is 2. The number of hydrogen-bond donors (Lipinski definition) is 3. The maximum absolute atomic E-state index is 11.4. The summed E-state index contributed by atoms with van der Waals surface area (Å²) < 4.78 is 24.4. The SMILES string of the molecule is NCCS(=O)(=O)N1CCSCC1.O=C(O)C(=O)O. The molecule has 1 heterocycles. The highest BCUT2D eigenvalue weighted by Crippen LogP contribution is 2.12. The molecule has 1 fully saturated rings. The second-order valence-corrected chi connectivity index (χ2v) is 6.54. The van der Waals surface area contributed by atoms with E-state index in [2.05, 4.69) is 0 Å². The normalized spacial score (nSPS) is 16.5. The molecule has 8 nitrogen and oxygen atoms in total. The number of thioether (sulfide) groups is 1. The van der Waals surface area contributed by atoms with E-state index in [9.17, 15) is 8.42 Å². The average Bonchev–Trinajstić information content (AvgIpc) is 2.31. The van der Waals surface area contributed by atoms with E-state index in [1.807, 2.05) is 0 Å². The van der Waals surface area contributed by atoms with Gasteiger partial charge in [0.25, 0.3) is 0 Å². The summed E-state index contributed by atoms with van der Waals surface area (Å²) in [5, 5.41) is 14.8. The molecule has 0 amide bonds. The van der Waals surface area contributed by atoms with Crippen molar-refractivity contribution in [1.29, 1.82) is 0 Å². The van der Waals surface area contributed by atoms with Crippen molar-refractivity contribution >= 4 is 33.7 Å². The molecule has 18 heavy (non-hydrogen) atoms. The van der Waals surface area contributed by atoms with Crippen molar-refractivity contribution in [3.63, 3.8) is 0 Å². The summed E-state index contributed by atoms with van der Waals surface area (Å²) in [4.78, 5) is 18.2. The third kappa shape index (κ3) is 6.79. The van der Waals surface area contributed by atoms with E-state index in [-0.39, 0.29) is 12.3 Å². The topological polar surface area (TPSA) is 138 Å². The zero-order valence-corrected chi connectivity index (χ0v) is 11.2. The Labute approximate surface area is 109 Å². The molecule has 0 unspecified atom stereocenters. The number of carboxylic acid groups (broad SMARTS) is 2. The van der Waals surface area contributed by atoms with Crippen molar-refractivity contribution in [3.8, 4) is 0 Å². The Bertz CT molecular complexity index is 365. The van der Waals surface area contributed by atoms with E-state index < -0.39 is 22.0 Å². The predicted octanol–water partition coefficient (Wildman–Crippen LogP) is -1.52. The molecule has 10 heteroatoms. The van der Waals surface area contributed by atoms with E-state index in [1.165, 1.54) is 4.31 Å². The predicted molar refractivity (Wildman–Crippen MR) is 67.0 cm³/mol. The van der Waals surface area contributed by atoms with Gasteiger partial charge in [-0.2, -0.15) is 11.8 Å². The molecule has 0 aromatic carbocycles. The highest BCUT2D eigenvalue weighted by molar-refractivity contribution is 7.99. The van der Waals surface area contributed by atoms with E-state index in [1.54, 1.807) is 11.8 Å². The van der Waals surface area contributed by atoms with Gasteiger partial charge in [-0.25, -0.2) is 22.3 Å². The summed E-state index contributed by atoms with van der Waals surface area (Å²) in [6.45, 7) is 1.51. The number of carboxylic acids is 2. The third-order valence-corrected chi connectivity index (χ3v) is 4.77. The molecule has 4 N–H and O–H groups in total. The first-order chi connectivity index (χ1) is 8.31. The minimum Gasteiger partial charge on any atom is -0.473 e. The fourth-order valence-electron chi connectivity index (χ4n) is 1.10. The Hall–Kier alpha value is -0.840. The van der Waals surface area contributed by atoms with Crippen LogP contribution in [0.25, 0.3) is 0 Å². The summed E-state index contributed by atoms with van der Waals surface area (Å²) in [6, 6.07) is 0. The van der Waals surface area contributed by atoms with Gasteiger partial charge in [0.15, 0.2) is 0 Å². The van der Waals surface area contributed by atoms with Gasteiger partial charge in [0.05, 0.1) is 5.75 Å². The highest BCUT2D eigenvalue weighted by atomic mass is 32.2. The Morgan fingerprint density at radius 2 is 1.61 bits per heavy atom. The molecule has 0 atom stereocenters. The molecule has 0 spiro atoms. The van der Waals surface area contributed by atoms with Crippen LogP contribution >= 0.6 is 11.8 Å². The van der Waals surface area contributed by atoms with Crippen LogP contribution in [-0.2, 0) is 19.6 Å². The van der Waals surface area contributed by atoms with Gasteiger partial charge in [0.2, 0.25) is 10.0 Å². The summed E-state index contributed by atoms with van der Waals surface area (Å²) in [6.07, 6.45) is 0. The van der Waals surface area contributed by atoms with Crippen LogP contribution < -0.4 is 5.73 Å². The minimum absolute atomic E-state index is 0.0810. The van der Waals surface area contributed by atoms with Gasteiger partial charge >= 0.3 is 11.9 Å². The molecule has 1 rings (SSSR count). The molecule has 0 radical (unpaired) electrons. The molecule has 0 aliphatic carbocycles. The molecule has 1 saturated heterocycles. The lowest BCUT2D eigenvalue weighted by Crippen LogP contribution is -2.40. The van der Waals surface area contributed by atoms with Crippen LogP contribution in [0.4, 0.5) is 0 Å². The van der Waals surface area contributed by atoms with Crippen LogP contribution in [0.2, 0.25) is 0 Å². The van der Waals surface area contributed by atoms with Gasteiger partial charge in [-0.3, -0.25) is 0 Å². The Morgan fingerprint density at radius 1 is 1.17 bits per heavy atom. The standard InChI is InChI=1S/C6H14N2O2S2.C2H2O4/c7-1-6-12(9,10)8-2-4-11-5-3-8;3-1(4)2(5)6/h1-7H2;(H,3,4)(H,5,6). The van der Waals surface area contributed by atoms with Gasteiger partial charge in [-0.15, -0.1) is 0 Å². The van der Waals surface area contributed by atoms with Crippen molar-refractivity contribution < 1.29 is 28.2 Å². The van der Waals surface area contributed by atoms with Crippen LogP contribution in [0.5, 0.6) is 0 Å². The lowest BCUT2D eigenvalue weighted by Gasteiger charge is -2.25. The van der Waals surface area contributed by atoms with Crippen molar-refractivity contribution in [3.05, 3.63) is 0 Å². The van der Waals surface area contributed by atoms with E-state index in [0.717, 1.165) is 11.5 Å². The molecule has 1 aliphatic heterocycles. The Balaban J connectivity index is 0.000000411. The van der Waals surface area contributed by atoms with E-state index in [4.69, 9.17) is 25.5 Å². The van der Waals surface area contributed by atoms with Gasteiger partial charge < -0.3 is 15.9 Å². The van der Waals surface area contributed by atoms with Crippen LogP contribution in [0.1, 0.15) is 0 Å². The summed E-state index contributed by atoms with van der Waals surface area (Å²) in [5.74, 6) is -1.75. The van der Waals surface area contributed by atoms with Gasteiger partial charge in [-0.05, 0) is 0 Å². The highest BCUT2D eigenvalue weighted by Gasteiger charge is 2.22. The minimum atomic E-state index is -3.04. The first-order valence-corrected chi connectivity index (χ1v) is 7.79. The van der Waals surface area contributed by atoms with E-state index in [0.29, 0.717) is 13.1 Å². The van der Waals surface area contributed by atoms with Crippen LogP contribution in [0, 0.1) is 0 Å². The number of rotatable bonds is 3. The molecule has 0 aromatic heterocycles. The van der Waals surface area contributed by atoms with Crippen molar-refractivity contribution in [2.75, 3.05) is 36.9 Å². The lowest BCUT2D eigenvalue weighted by molar-refractivity contribution is -0.159.